The molecule has 4 nitrogen and oxygen atoms in total. The minimum Gasteiger partial charge on any atom is -0.483 e. The average Bonchev–Trinajstić information content (AvgIpc) is 2.48. The summed E-state index contributed by atoms with van der Waals surface area (Å²) < 4.78 is 5.40. The fourth-order valence-corrected chi connectivity index (χ4v) is 2.22. The van der Waals surface area contributed by atoms with E-state index in [1.807, 2.05) is 6.07 Å². The van der Waals surface area contributed by atoms with Crippen LogP contribution in [0.15, 0.2) is 42.5 Å². The van der Waals surface area contributed by atoms with Crippen molar-refractivity contribution in [3.8, 4) is 5.75 Å². The molecule has 0 atom stereocenters. The summed E-state index contributed by atoms with van der Waals surface area (Å²) in [5, 5.41) is 3.96. The lowest BCUT2D eigenvalue weighted by Crippen LogP contribution is -2.21. The Labute approximate surface area is 147 Å². The molecule has 2 aromatic carbocycles. The molecule has 2 rings (SSSR count). The van der Waals surface area contributed by atoms with E-state index in [9.17, 15) is 4.79 Å². The zero-order chi connectivity index (χ0) is 15.9. The molecule has 0 fully saturated rings. The van der Waals surface area contributed by atoms with Crippen molar-refractivity contribution < 1.29 is 9.53 Å². The normalized spacial score (nSPS) is 10.0. The first-order valence-electron chi connectivity index (χ1n) is 7.00. The van der Waals surface area contributed by atoms with Gasteiger partial charge >= 0.3 is 0 Å². The zero-order valence-electron chi connectivity index (χ0n) is 12.8. The van der Waals surface area contributed by atoms with Gasteiger partial charge in [0, 0.05) is 23.7 Å². The molecule has 0 aliphatic rings. The van der Waals surface area contributed by atoms with Gasteiger partial charge < -0.3 is 15.8 Å². The molecule has 0 bridgehead atoms. The van der Waals surface area contributed by atoms with Crippen LogP contribution >= 0.6 is 24.0 Å². The zero-order valence-corrected chi connectivity index (χ0v) is 14.4. The highest BCUT2D eigenvalue weighted by Crippen LogP contribution is 2.23. The number of carbonyl (C=O) groups excluding carboxylic acids is 1. The van der Waals surface area contributed by atoms with Gasteiger partial charge in [-0.2, -0.15) is 0 Å². The SMILES string of the molecule is Cc1ccc(CNCc2cc(Cl)ccc2OCC(N)=O)cc1.Cl. The predicted octanol–water partition coefficient (Wildman–Crippen LogP) is 3.22. The quantitative estimate of drug-likeness (QED) is 0.802. The molecule has 0 unspecified atom stereocenters. The number of nitrogens with two attached hydrogens (primary N) is 1. The lowest BCUT2D eigenvalue weighted by molar-refractivity contribution is -0.119. The number of amides is 1. The molecule has 0 heterocycles. The summed E-state index contributed by atoms with van der Waals surface area (Å²) in [6.07, 6.45) is 0. The number of hydrogen-bond acceptors (Lipinski definition) is 3. The number of aryl methyl sites for hydroxylation is 1. The van der Waals surface area contributed by atoms with Crippen molar-refractivity contribution in [3.63, 3.8) is 0 Å². The molecule has 3 N–H and O–H groups in total. The monoisotopic (exact) mass is 354 g/mol. The fraction of sp³-hybridized carbons (Fsp3) is 0.235. The molecule has 0 spiro atoms. The smallest absolute Gasteiger partial charge is 0.255 e. The lowest BCUT2D eigenvalue weighted by Gasteiger charge is -2.12. The molecular weight excluding hydrogens is 335 g/mol. The maximum absolute atomic E-state index is 10.8. The highest BCUT2D eigenvalue weighted by atomic mass is 35.5. The molecule has 2 aromatic rings. The molecule has 0 radical (unpaired) electrons. The minimum absolute atomic E-state index is 0. The second-order valence-corrected chi connectivity index (χ2v) is 5.53. The molecule has 1 amide bonds. The number of benzene rings is 2. The summed E-state index contributed by atoms with van der Waals surface area (Å²) in [7, 11) is 0. The lowest BCUT2D eigenvalue weighted by atomic mass is 10.1. The van der Waals surface area contributed by atoms with Crippen LogP contribution in [-0.4, -0.2) is 12.5 Å². The van der Waals surface area contributed by atoms with E-state index in [1.54, 1.807) is 12.1 Å². The molecule has 0 aromatic heterocycles. The first-order valence-corrected chi connectivity index (χ1v) is 7.38. The predicted molar refractivity (Wildman–Crippen MR) is 95.1 cm³/mol. The maximum Gasteiger partial charge on any atom is 0.255 e. The second-order valence-electron chi connectivity index (χ2n) is 5.10. The highest BCUT2D eigenvalue weighted by Gasteiger charge is 2.06. The third-order valence-electron chi connectivity index (χ3n) is 3.16. The third-order valence-corrected chi connectivity index (χ3v) is 3.39. The van der Waals surface area contributed by atoms with E-state index in [0.29, 0.717) is 17.3 Å². The number of hydrogen-bond donors (Lipinski definition) is 2. The molecule has 124 valence electrons. The van der Waals surface area contributed by atoms with E-state index >= 15 is 0 Å². The number of primary amides is 1. The fourth-order valence-electron chi connectivity index (χ4n) is 2.02. The van der Waals surface area contributed by atoms with Crippen LogP contribution in [0.5, 0.6) is 5.75 Å². The van der Waals surface area contributed by atoms with Gasteiger partial charge in [0.05, 0.1) is 0 Å². The van der Waals surface area contributed by atoms with Gasteiger partial charge in [-0.05, 0) is 30.7 Å². The summed E-state index contributed by atoms with van der Waals surface area (Å²) in [6.45, 7) is 3.24. The Bertz CT molecular complexity index is 646. The van der Waals surface area contributed by atoms with E-state index in [1.165, 1.54) is 11.1 Å². The number of nitrogens with one attached hydrogen (secondary N) is 1. The molecule has 0 aliphatic heterocycles. The first kappa shape index (κ1) is 19.3. The van der Waals surface area contributed by atoms with Crippen LogP contribution in [0.1, 0.15) is 16.7 Å². The standard InChI is InChI=1S/C17H19ClN2O2.ClH/c1-12-2-4-13(5-3-12)9-20-10-14-8-15(18)6-7-16(14)22-11-17(19)21;/h2-8,20H,9-11H2,1H3,(H2,19,21);1H. The summed E-state index contributed by atoms with van der Waals surface area (Å²) >= 11 is 6.02. The largest absolute Gasteiger partial charge is 0.483 e. The number of rotatable bonds is 7. The Morgan fingerprint density at radius 2 is 1.87 bits per heavy atom. The van der Waals surface area contributed by atoms with E-state index in [4.69, 9.17) is 22.1 Å². The van der Waals surface area contributed by atoms with Crippen molar-refractivity contribution >= 4 is 29.9 Å². The number of ether oxygens (including phenoxy) is 1. The Hall–Kier alpha value is -1.75. The van der Waals surface area contributed by atoms with Gasteiger partial charge in [0.1, 0.15) is 5.75 Å². The minimum atomic E-state index is -0.506. The molecule has 0 aliphatic carbocycles. The van der Waals surface area contributed by atoms with Crippen LogP contribution in [0.25, 0.3) is 0 Å². The van der Waals surface area contributed by atoms with Gasteiger partial charge in [-0.3, -0.25) is 4.79 Å². The Balaban J connectivity index is 0.00000264. The Kier molecular flexibility index (Phi) is 7.89. The van der Waals surface area contributed by atoms with Gasteiger partial charge in [-0.15, -0.1) is 12.4 Å². The maximum atomic E-state index is 10.8. The van der Waals surface area contributed by atoms with E-state index in [0.717, 1.165) is 12.1 Å². The van der Waals surface area contributed by atoms with Crippen molar-refractivity contribution in [1.82, 2.24) is 5.32 Å². The van der Waals surface area contributed by atoms with Crippen molar-refractivity contribution in [3.05, 3.63) is 64.2 Å². The van der Waals surface area contributed by atoms with Crippen molar-refractivity contribution in [2.24, 2.45) is 5.73 Å². The van der Waals surface area contributed by atoms with Crippen LogP contribution in [0.3, 0.4) is 0 Å². The van der Waals surface area contributed by atoms with Gasteiger partial charge in [0.15, 0.2) is 6.61 Å². The van der Waals surface area contributed by atoms with Crippen molar-refractivity contribution in [2.45, 2.75) is 20.0 Å². The van der Waals surface area contributed by atoms with Gasteiger partial charge in [-0.1, -0.05) is 41.4 Å². The number of carbonyl (C=O) groups is 1. The van der Waals surface area contributed by atoms with E-state index in [2.05, 4.69) is 36.5 Å². The first-order chi connectivity index (χ1) is 10.5. The molecule has 0 saturated heterocycles. The van der Waals surface area contributed by atoms with Gasteiger partial charge in [0.2, 0.25) is 0 Å². The molecule has 23 heavy (non-hydrogen) atoms. The van der Waals surface area contributed by atoms with Crippen LogP contribution < -0.4 is 15.8 Å². The van der Waals surface area contributed by atoms with Crippen LogP contribution in [0.4, 0.5) is 0 Å². The average molecular weight is 355 g/mol. The topological polar surface area (TPSA) is 64.3 Å². The summed E-state index contributed by atoms with van der Waals surface area (Å²) in [5.74, 6) is 0.105. The Morgan fingerprint density at radius 3 is 2.52 bits per heavy atom. The van der Waals surface area contributed by atoms with Crippen molar-refractivity contribution in [1.29, 1.82) is 0 Å². The third kappa shape index (κ3) is 6.48. The van der Waals surface area contributed by atoms with Crippen LogP contribution in [0.2, 0.25) is 5.02 Å². The van der Waals surface area contributed by atoms with Gasteiger partial charge in [-0.25, -0.2) is 0 Å². The second kappa shape index (κ2) is 9.40. The highest BCUT2D eigenvalue weighted by molar-refractivity contribution is 6.30. The van der Waals surface area contributed by atoms with E-state index in [-0.39, 0.29) is 19.0 Å². The van der Waals surface area contributed by atoms with E-state index < -0.39 is 5.91 Å². The summed E-state index contributed by atoms with van der Waals surface area (Å²) in [5.41, 5.74) is 8.43. The number of halogens is 2. The summed E-state index contributed by atoms with van der Waals surface area (Å²) in [6, 6.07) is 13.6. The molecule has 0 saturated carbocycles. The molecular formula is C17H20Cl2N2O2. The summed E-state index contributed by atoms with van der Waals surface area (Å²) in [4.78, 5) is 10.8. The Morgan fingerprint density at radius 1 is 1.17 bits per heavy atom. The van der Waals surface area contributed by atoms with Crippen LogP contribution in [0, 0.1) is 6.92 Å². The van der Waals surface area contributed by atoms with Crippen LogP contribution in [-0.2, 0) is 17.9 Å². The van der Waals surface area contributed by atoms with Gasteiger partial charge in [0.25, 0.3) is 5.91 Å². The van der Waals surface area contributed by atoms with Crippen molar-refractivity contribution in [2.75, 3.05) is 6.61 Å². The molecule has 6 heteroatoms.